The molecule has 0 aliphatic heterocycles. The highest BCUT2D eigenvalue weighted by molar-refractivity contribution is 5.79. The Morgan fingerprint density at radius 1 is 1.38 bits per heavy atom. The first kappa shape index (κ1) is 17.6. The van der Waals surface area contributed by atoms with Crippen LogP contribution in [0.15, 0.2) is 54.3 Å². The van der Waals surface area contributed by atoms with E-state index in [0.717, 1.165) is 35.9 Å². The minimum absolute atomic E-state index is 0.493. The van der Waals surface area contributed by atoms with E-state index in [-0.39, 0.29) is 0 Å². The standard InChI is InChI=1S/C18H25N5O/c1-4-11-24-17-8-6-5-7-16(17)13-21-18(19-3)20-9-10-23-14-15(2)12-22-23/h4-8,12,14H,1,9-11,13H2,2-3H3,(H2,19,20,21). The van der Waals surface area contributed by atoms with Gasteiger partial charge < -0.3 is 15.4 Å². The fourth-order valence-electron chi connectivity index (χ4n) is 2.22. The van der Waals surface area contributed by atoms with Gasteiger partial charge >= 0.3 is 0 Å². The first-order valence-electron chi connectivity index (χ1n) is 7.98. The molecule has 1 aromatic heterocycles. The zero-order chi connectivity index (χ0) is 17.2. The summed E-state index contributed by atoms with van der Waals surface area (Å²) in [6, 6.07) is 7.94. The number of rotatable bonds is 8. The summed E-state index contributed by atoms with van der Waals surface area (Å²) in [4.78, 5) is 4.24. The Labute approximate surface area is 143 Å². The highest BCUT2D eigenvalue weighted by atomic mass is 16.5. The molecular weight excluding hydrogens is 302 g/mol. The third-order valence-electron chi connectivity index (χ3n) is 3.39. The van der Waals surface area contributed by atoms with Gasteiger partial charge in [-0.15, -0.1) is 0 Å². The van der Waals surface area contributed by atoms with Crippen molar-refractivity contribution in [2.45, 2.75) is 20.0 Å². The Morgan fingerprint density at radius 2 is 2.21 bits per heavy atom. The van der Waals surface area contributed by atoms with Crippen molar-refractivity contribution in [1.82, 2.24) is 20.4 Å². The van der Waals surface area contributed by atoms with Crippen molar-refractivity contribution in [3.63, 3.8) is 0 Å². The molecule has 0 fully saturated rings. The average molecular weight is 327 g/mol. The van der Waals surface area contributed by atoms with Crippen LogP contribution in [0.3, 0.4) is 0 Å². The first-order valence-corrected chi connectivity index (χ1v) is 7.98. The van der Waals surface area contributed by atoms with Gasteiger partial charge in [-0.25, -0.2) is 0 Å². The molecule has 0 unspecified atom stereocenters. The molecule has 1 aromatic carbocycles. The molecule has 0 saturated carbocycles. The van der Waals surface area contributed by atoms with Gasteiger partial charge in [0.15, 0.2) is 5.96 Å². The third-order valence-corrected chi connectivity index (χ3v) is 3.39. The van der Waals surface area contributed by atoms with Gasteiger partial charge in [0.1, 0.15) is 12.4 Å². The Bertz CT molecular complexity index is 678. The number of para-hydroxylation sites is 1. The van der Waals surface area contributed by atoms with E-state index < -0.39 is 0 Å². The van der Waals surface area contributed by atoms with E-state index in [1.165, 1.54) is 0 Å². The van der Waals surface area contributed by atoms with Crippen molar-refractivity contribution < 1.29 is 4.74 Å². The molecule has 1 heterocycles. The van der Waals surface area contributed by atoms with Crippen LogP contribution in [0.2, 0.25) is 0 Å². The second-order valence-corrected chi connectivity index (χ2v) is 5.34. The van der Waals surface area contributed by atoms with E-state index in [0.29, 0.717) is 13.2 Å². The number of ether oxygens (including phenoxy) is 1. The highest BCUT2D eigenvalue weighted by Gasteiger charge is 2.04. The van der Waals surface area contributed by atoms with Crippen molar-refractivity contribution >= 4 is 5.96 Å². The van der Waals surface area contributed by atoms with Crippen molar-refractivity contribution in [1.29, 1.82) is 0 Å². The monoisotopic (exact) mass is 327 g/mol. The van der Waals surface area contributed by atoms with Crippen LogP contribution in [0.1, 0.15) is 11.1 Å². The minimum atomic E-state index is 0.493. The molecule has 0 bridgehead atoms. The van der Waals surface area contributed by atoms with E-state index in [4.69, 9.17) is 4.74 Å². The normalized spacial score (nSPS) is 11.2. The molecular formula is C18H25N5O. The smallest absolute Gasteiger partial charge is 0.191 e. The number of aryl methyl sites for hydroxylation is 1. The van der Waals surface area contributed by atoms with Gasteiger partial charge in [0.25, 0.3) is 0 Å². The predicted molar refractivity (Wildman–Crippen MR) is 97.3 cm³/mol. The Balaban J connectivity index is 1.82. The van der Waals surface area contributed by atoms with E-state index in [1.54, 1.807) is 13.1 Å². The van der Waals surface area contributed by atoms with Gasteiger partial charge in [-0.05, 0) is 18.6 Å². The molecule has 0 atom stereocenters. The van der Waals surface area contributed by atoms with Crippen LogP contribution in [-0.2, 0) is 13.1 Å². The fourth-order valence-corrected chi connectivity index (χ4v) is 2.22. The summed E-state index contributed by atoms with van der Waals surface area (Å²) in [5.41, 5.74) is 2.23. The molecule has 0 amide bonds. The van der Waals surface area contributed by atoms with Gasteiger partial charge in [-0.1, -0.05) is 30.9 Å². The highest BCUT2D eigenvalue weighted by Crippen LogP contribution is 2.17. The van der Waals surface area contributed by atoms with Crippen LogP contribution in [0.25, 0.3) is 0 Å². The summed E-state index contributed by atoms with van der Waals surface area (Å²) in [6.45, 7) is 8.36. The lowest BCUT2D eigenvalue weighted by Gasteiger charge is -2.14. The summed E-state index contributed by atoms with van der Waals surface area (Å²) in [5, 5.41) is 10.8. The summed E-state index contributed by atoms with van der Waals surface area (Å²) in [7, 11) is 1.76. The van der Waals surface area contributed by atoms with Crippen molar-refractivity contribution in [3.8, 4) is 5.75 Å². The van der Waals surface area contributed by atoms with Crippen molar-refractivity contribution in [3.05, 3.63) is 60.4 Å². The lowest BCUT2D eigenvalue weighted by atomic mass is 10.2. The number of guanidine groups is 1. The van der Waals surface area contributed by atoms with Crippen LogP contribution < -0.4 is 15.4 Å². The number of aliphatic imine (C=N–C) groups is 1. The second kappa shape index (κ2) is 9.39. The number of nitrogens with zero attached hydrogens (tertiary/aromatic N) is 3. The second-order valence-electron chi connectivity index (χ2n) is 5.34. The molecule has 2 N–H and O–H groups in total. The molecule has 0 aliphatic rings. The predicted octanol–water partition coefficient (Wildman–Crippen LogP) is 2.12. The summed E-state index contributed by atoms with van der Waals surface area (Å²) in [6.07, 6.45) is 5.61. The lowest BCUT2D eigenvalue weighted by Crippen LogP contribution is -2.38. The maximum Gasteiger partial charge on any atom is 0.191 e. The van der Waals surface area contributed by atoms with Crippen LogP contribution in [0.5, 0.6) is 5.75 Å². The van der Waals surface area contributed by atoms with E-state index >= 15 is 0 Å². The Morgan fingerprint density at radius 3 is 2.92 bits per heavy atom. The van der Waals surface area contributed by atoms with Gasteiger partial charge in [-0.2, -0.15) is 5.10 Å². The summed E-state index contributed by atoms with van der Waals surface area (Å²) in [5.74, 6) is 1.60. The zero-order valence-electron chi connectivity index (χ0n) is 14.3. The fraction of sp³-hybridized carbons (Fsp3) is 0.333. The molecule has 6 heteroatoms. The van der Waals surface area contributed by atoms with Crippen LogP contribution in [0, 0.1) is 6.92 Å². The van der Waals surface area contributed by atoms with Crippen molar-refractivity contribution in [2.75, 3.05) is 20.2 Å². The molecule has 128 valence electrons. The molecule has 0 spiro atoms. The number of hydrogen-bond donors (Lipinski definition) is 2. The number of benzene rings is 1. The number of hydrogen-bond acceptors (Lipinski definition) is 3. The van der Waals surface area contributed by atoms with Gasteiger partial charge in [0.05, 0.1) is 12.7 Å². The Hall–Kier alpha value is -2.76. The van der Waals surface area contributed by atoms with Crippen LogP contribution in [0.4, 0.5) is 0 Å². The molecule has 24 heavy (non-hydrogen) atoms. The number of nitrogens with one attached hydrogen (secondary N) is 2. The lowest BCUT2D eigenvalue weighted by molar-refractivity contribution is 0.358. The maximum atomic E-state index is 5.66. The third kappa shape index (κ3) is 5.46. The maximum absolute atomic E-state index is 5.66. The average Bonchev–Trinajstić information content (AvgIpc) is 3.02. The van der Waals surface area contributed by atoms with Crippen LogP contribution >= 0.6 is 0 Å². The largest absolute Gasteiger partial charge is 0.489 e. The van der Waals surface area contributed by atoms with Crippen molar-refractivity contribution in [2.24, 2.45) is 4.99 Å². The molecule has 0 saturated heterocycles. The first-order chi connectivity index (χ1) is 11.7. The molecule has 6 nitrogen and oxygen atoms in total. The molecule has 0 radical (unpaired) electrons. The van der Waals surface area contributed by atoms with Crippen LogP contribution in [-0.4, -0.2) is 35.9 Å². The van der Waals surface area contributed by atoms with Gasteiger partial charge in [0, 0.05) is 31.9 Å². The summed E-state index contributed by atoms with van der Waals surface area (Å²) >= 11 is 0. The van der Waals surface area contributed by atoms with E-state index in [1.807, 2.05) is 48.3 Å². The van der Waals surface area contributed by atoms with E-state index in [2.05, 4.69) is 27.3 Å². The minimum Gasteiger partial charge on any atom is -0.489 e. The topological polar surface area (TPSA) is 63.5 Å². The van der Waals surface area contributed by atoms with Gasteiger partial charge in [-0.3, -0.25) is 9.67 Å². The number of aromatic nitrogens is 2. The van der Waals surface area contributed by atoms with E-state index in [9.17, 15) is 0 Å². The zero-order valence-corrected chi connectivity index (χ0v) is 14.3. The molecule has 0 aliphatic carbocycles. The molecule has 2 rings (SSSR count). The Kier molecular flexibility index (Phi) is 6.89. The quantitative estimate of drug-likeness (QED) is 0.443. The molecule has 2 aromatic rings. The van der Waals surface area contributed by atoms with Gasteiger partial charge in [0.2, 0.25) is 0 Å². The summed E-state index contributed by atoms with van der Waals surface area (Å²) < 4.78 is 7.57. The SMILES string of the molecule is C=CCOc1ccccc1CNC(=NC)NCCn1cc(C)cn1.